The van der Waals surface area contributed by atoms with E-state index >= 15 is 0 Å². The summed E-state index contributed by atoms with van der Waals surface area (Å²) in [6, 6.07) is 13.0. The number of benzene rings is 2. The molecule has 0 saturated heterocycles. The molecule has 0 bridgehead atoms. The van der Waals surface area contributed by atoms with Crippen molar-refractivity contribution < 1.29 is 4.79 Å². The van der Waals surface area contributed by atoms with Crippen molar-refractivity contribution in [1.82, 2.24) is 14.9 Å². The maximum absolute atomic E-state index is 12.0. The van der Waals surface area contributed by atoms with Crippen LogP contribution in [0.3, 0.4) is 0 Å². The van der Waals surface area contributed by atoms with E-state index in [-0.39, 0.29) is 6.03 Å². The second-order valence-electron chi connectivity index (χ2n) is 5.35. The molecule has 0 aliphatic heterocycles. The molecule has 0 atom stereocenters. The first-order valence-corrected chi connectivity index (χ1v) is 7.64. The Morgan fingerprint density at radius 1 is 1.26 bits per heavy atom. The first kappa shape index (κ1) is 15.4. The van der Waals surface area contributed by atoms with Crippen molar-refractivity contribution in [3.05, 3.63) is 58.9 Å². The average molecular weight is 329 g/mol. The number of anilines is 1. The summed E-state index contributed by atoms with van der Waals surface area (Å²) in [5, 5.41) is 6.19. The van der Waals surface area contributed by atoms with Crippen LogP contribution in [-0.2, 0) is 13.6 Å². The highest BCUT2D eigenvalue weighted by atomic mass is 35.5. The number of amides is 2. The van der Waals surface area contributed by atoms with Crippen molar-refractivity contribution in [1.29, 1.82) is 0 Å². The van der Waals surface area contributed by atoms with Gasteiger partial charge in [-0.3, -0.25) is 0 Å². The summed E-state index contributed by atoms with van der Waals surface area (Å²) in [6.45, 7) is 2.26. The van der Waals surface area contributed by atoms with E-state index in [1.807, 2.05) is 54.9 Å². The zero-order valence-electron chi connectivity index (χ0n) is 12.9. The number of nitrogens with zero attached hydrogens (tertiary/aromatic N) is 2. The Bertz CT molecular complexity index is 872. The van der Waals surface area contributed by atoms with Gasteiger partial charge in [-0.25, -0.2) is 9.78 Å². The number of halogens is 1. The predicted molar refractivity (Wildman–Crippen MR) is 92.8 cm³/mol. The van der Waals surface area contributed by atoms with Gasteiger partial charge in [0.25, 0.3) is 0 Å². The fourth-order valence-corrected chi connectivity index (χ4v) is 2.54. The van der Waals surface area contributed by atoms with Gasteiger partial charge < -0.3 is 15.2 Å². The van der Waals surface area contributed by atoms with Crippen molar-refractivity contribution >= 4 is 34.4 Å². The van der Waals surface area contributed by atoms with Gasteiger partial charge in [0.05, 0.1) is 17.6 Å². The highest BCUT2D eigenvalue weighted by Crippen LogP contribution is 2.20. The Hall–Kier alpha value is -2.53. The minimum atomic E-state index is -0.294. The number of hydrogen-bond acceptors (Lipinski definition) is 2. The van der Waals surface area contributed by atoms with Gasteiger partial charge >= 0.3 is 6.03 Å². The number of nitrogens with one attached hydrogen (secondary N) is 2. The molecule has 0 aliphatic carbocycles. The maximum atomic E-state index is 12.0. The fraction of sp³-hybridized carbons (Fsp3) is 0.176. The molecule has 0 aliphatic rings. The molecule has 118 valence electrons. The topological polar surface area (TPSA) is 59.0 Å². The number of fused-ring (bicyclic) bond motifs is 1. The summed E-state index contributed by atoms with van der Waals surface area (Å²) in [5.41, 5.74) is 3.58. The van der Waals surface area contributed by atoms with E-state index in [1.54, 1.807) is 6.07 Å². The summed E-state index contributed by atoms with van der Waals surface area (Å²) in [6.07, 6.45) is 0. The van der Waals surface area contributed by atoms with Crippen molar-refractivity contribution in [3.63, 3.8) is 0 Å². The van der Waals surface area contributed by atoms with Crippen molar-refractivity contribution in [2.45, 2.75) is 13.5 Å². The summed E-state index contributed by atoms with van der Waals surface area (Å²) in [7, 11) is 1.93. The summed E-state index contributed by atoms with van der Waals surface area (Å²) in [5.74, 6) is 0.795. The molecule has 0 spiro atoms. The third-order valence-corrected chi connectivity index (χ3v) is 4.12. The smallest absolute Gasteiger partial charge is 0.319 e. The van der Waals surface area contributed by atoms with Crippen LogP contribution in [0.5, 0.6) is 0 Å². The molecular weight excluding hydrogens is 312 g/mol. The van der Waals surface area contributed by atoms with Crippen LogP contribution in [0, 0.1) is 6.92 Å². The van der Waals surface area contributed by atoms with Gasteiger partial charge in [0, 0.05) is 17.8 Å². The number of imidazole rings is 1. The quantitative estimate of drug-likeness (QED) is 0.767. The molecule has 0 fully saturated rings. The molecular formula is C17H17ClN4O. The summed E-state index contributed by atoms with van der Waals surface area (Å²) < 4.78 is 1.97. The van der Waals surface area contributed by atoms with Crippen LogP contribution in [0.2, 0.25) is 5.02 Å². The Morgan fingerprint density at radius 2 is 2.04 bits per heavy atom. The molecule has 2 aromatic carbocycles. The van der Waals surface area contributed by atoms with Crippen molar-refractivity contribution in [2.24, 2.45) is 7.05 Å². The van der Waals surface area contributed by atoms with Crippen LogP contribution in [0.25, 0.3) is 11.0 Å². The largest absolute Gasteiger partial charge is 0.331 e. The van der Waals surface area contributed by atoms with Crippen LogP contribution in [0.1, 0.15) is 11.4 Å². The third-order valence-electron chi connectivity index (χ3n) is 3.72. The molecule has 0 radical (unpaired) electrons. The molecule has 5 nitrogen and oxygen atoms in total. The van der Waals surface area contributed by atoms with Crippen LogP contribution in [-0.4, -0.2) is 15.6 Å². The lowest BCUT2D eigenvalue weighted by atomic mass is 10.2. The van der Waals surface area contributed by atoms with Crippen LogP contribution in [0.4, 0.5) is 10.5 Å². The van der Waals surface area contributed by atoms with Gasteiger partial charge in [0.15, 0.2) is 0 Å². The van der Waals surface area contributed by atoms with Gasteiger partial charge in [-0.05, 0) is 36.8 Å². The van der Waals surface area contributed by atoms with E-state index < -0.39 is 0 Å². The zero-order chi connectivity index (χ0) is 16.4. The van der Waals surface area contributed by atoms with Crippen molar-refractivity contribution in [3.8, 4) is 0 Å². The number of urea groups is 1. The number of carbonyl (C=O) groups excluding carboxylic acids is 1. The molecule has 1 heterocycles. The van der Waals surface area contributed by atoms with Crippen LogP contribution in [0.15, 0.2) is 42.5 Å². The van der Waals surface area contributed by atoms with E-state index in [0.29, 0.717) is 17.3 Å². The number of carbonyl (C=O) groups is 1. The van der Waals surface area contributed by atoms with Gasteiger partial charge in [0.2, 0.25) is 0 Å². The van der Waals surface area contributed by atoms with E-state index in [0.717, 1.165) is 22.4 Å². The standard InChI is InChI=1S/C17H17ClN4O/c1-11-7-8-12(9-13(11)18)20-17(23)19-10-16-21-14-5-3-4-6-15(14)22(16)2/h3-9H,10H2,1-2H3,(H2,19,20,23). The second kappa shape index (κ2) is 6.30. The average Bonchev–Trinajstić information content (AvgIpc) is 2.86. The van der Waals surface area contributed by atoms with E-state index in [1.165, 1.54) is 0 Å². The Labute approximate surface area is 139 Å². The Balaban J connectivity index is 1.66. The first-order valence-electron chi connectivity index (χ1n) is 7.26. The van der Waals surface area contributed by atoms with Gasteiger partial charge in [-0.1, -0.05) is 29.8 Å². The number of aromatic nitrogens is 2. The molecule has 0 saturated carbocycles. The lowest BCUT2D eigenvalue weighted by Gasteiger charge is -2.09. The van der Waals surface area contributed by atoms with Crippen molar-refractivity contribution in [2.75, 3.05) is 5.32 Å². The van der Waals surface area contributed by atoms with Crippen LogP contribution >= 0.6 is 11.6 Å². The van der Waals surface area contributed by atoms with E-state index in [9.17, 15) is 4.79 Å². The Kier molecular flexibility index (Phi) is 4.21. The molecule has 3 aromatic rings. The SMILES string of the molecule is Cc1ccc(NC(=O)NCc2nc3ccccc3n2C)cc1Cl. The minimum Gasteiger partial charge on any atom is -0.331 e. The molecule has 3 rings (SSSR count). The fourth-order valence-electron chi connectivity index (χ4n) is 2.36. The third kappa shape index (κ3) is 3.29. The van der Waals surface area contributed by atoms with E-state index in [2.05, 4.69) is 15.6 Å². The summed E-state index contributed by atoms with van der Waals surface area (Å²) >= 11 is 6.05. The number of hydrogen-bond donors (Lipinski definition) is 2. The highest BCUT2D eigenvalue weighted by molar-refractivity contribution is 6.31. The van der Waals surface area contributed by atoms with Gasteiger partial charge in [0.1, 0.15) is 5.82 Å². The number of aryl methyl sites for hydroxylation is 2. The predicted octanol–water partition coefficient (Wildman–Crippen LogP) is 3.86. The molecule has 0 unspecified atom stereocenters. The molecule has 1 aromatic heterocycles. The van der Waals surface area contributed by atoms with Gasteiger partial charge in [-0.2, -0.15) is 0 Å². The first-order chi connectivity index (χ1) is 11.0. The maximum Gasteiger partial charge on any atom is 0.319 e. The minimum absolute atomic E-state index is 0.294. The number of para-hydroxylation sites is 2. The lowest BCUT2D eigenvalue weighted by Crippen LogP contribution is -2.29. The molecule has 23 heavy (non-hydrogen) atoms. The second-order valence-corrected chi connectivity index (χ2v) is 5.75. The highest BCUT2D eigenvalue weighted by Gasteiger charge is 2.09. The van der Waals surface area contributed by atoms with Crippen LogP contribution < -0.4 is 10.6 Å². The normalized spacial score (nSPS) is 10.7. The summed E-state index contributed by atoms with van der Waals surface area (Å²) in [4.78, 5) is 16.5. The van der Waals surface area contributed by atoms with E-state index in [4.69, 9.17) is 11.6 Å². The molecule has 2 amide bonds. The Morgan fingerprint density at radius 3 is 2.78 bits per heavy atom. The number of rotatable bonds is 3. The zero-order valence-corrected chi connectivity index (χ0v) is 13.7. The monoisotopic (exact) mass is 328 g/mol. The molecule has 6 heteroatoms. The van der Waals surface area contributed by atoms with Gasteiger partial charge in [-0.15, -0.1) is 0 Å². The molecule has 2 N–H and O–H groups in total. The lowest BCUT2D eigenvalue weighted by molar-refractivity contribution is 0.251.